The van der Waals surface area contributed by atoms with E-state index in [1.807, 2.05) is 6.92 Å². The summed E-state index contributed by atoms with van der Waals surface area (Å²) in [7, 11) is 3.36. The molecule has 2 aromatic rings. The molecule has 1 aliphatic carbocycles. The Labute approximate surface area is 198 Å². The summed E-state index contributed by atoms with van der Waals surface area (Å²) in [6, 6.07) is 11.4. The minimum Gasteiger partial charge on any atom is -0.485 e. The van der Waals surface area contributed by atoms with Gasteiger partial charge >= 0.3 is 0 Å². The SMILES string of the molecule is CCN/C=C\C(N)=NC(=O)c1cc(Oc2ccc(C(=O)N(C)C)cc2)cc(OC2(CO)CC2)c1. The van der Waals surface area contributed by atoms with Crippen LogP contribution >= 0.6 is 0 Å². The highest BCUT2D eigenvalue weighted by atomic mass is 16.5. The number of rotatable bonds is 10. The van der Waals surface area contributed by atoms with Crippen LogP contribution < -0.4 is 20.5 Å². The van der Waals surface area contributed by atoms with Gasteiger partial charge in [0.15, 0.2) is 0 Å². The van der Waals surface area contributed by atoms with E-state index in [1.54, 1.807) is 56.7 Å². The average Bonchev–Trinajstić information content (AvgIpc) is 3.58. The van der Waals surface area contributed by atoms with Crippen LogP contribution in [-0.2, 0) is 0 Å². The fraction of sp³-hybridized carbons (Fsp3) is 0.320. The third kappa shape index (κ3) is 6.58. The van der Waals surface area contributed by atoms with E-state index in [1.165, 1.54) is 17.0 Å². The molecule has 0 atom stereocenters. The molecule has 9 heteroatoms. The standard InChI is InChI=1S/C25H30N4O5/c1-4-27-12-9-22(26)28-23(31)18-13-20(15-21(14-18)34-25(16-30)10-11-25)33-19-7-5-17(6-8-19)24(32)29(2)3/h5-9,12-15,27,30H,4,10-11,16H2,1-3H3,(H2,26,28,31)/b12-9-. The van der Waals surface area contributed by atoms with Crippen molar-refractivity contribution in [3.8, 4) is 17.2 Å². The number of hydrogen-bond donors (Lipinski definition) is 3. The first-order valence-corrected chi connectivity index (χ1v) is 11.0. The van der Waals surface area contributed by atoms with Crippen LogP contribution in [-0.4, -0.2) is 60.5 Å². The molecule has 180 valence electrons. The van der Waals surface area contributed by atoms with Crippen molar-refractivity contribution >= 4 is 17.6 Å². The monoisotopic (exact) mass is 466 g/mol. The van der Waals surface area contributed by atoms with Crippen molar-refractivity contribution in [1.82, 2.24) is 10.2 Å². The third-order valence-electron chi connectivity index (χ3n) is 5.11. The van der Waals surface area contributed by atoms with Gasteiger partial charge in [0.1, 0.15) is 28.7 Å². The molecule has 1 aliphatic rings. The van der Waals surface area contributed by atoms with Crippen molar-refractivity contribution in [2.75, 3.05) is 27.2 Å². The summed E-state index contributed by atoms with van der Waals surface area (Å²) in [5.74, 6) is 0.574. The largest absolute Gasteiger partial charge is 0.485 e. The highest BCUT2D eigenvalue weighted by Crippen LogP contribution is 2.41. The van der Waals surface area contributed by atoms with Gasteiger partial charge in [0, 0.05) is 44.0 Å². The van der Waals surface area contributed by atoms with Crippen LogP contribution in [0.4, 0.5) is 0 Å². The van der Waals surface area contributed by atoms with E-state index >= 15 is 0 Å². The number of aliphatic imine (C=N–C) groups is 1. The second-order valence-corrected chi connectivity index (χ2v) is 8.20. The topological polar surface area (TPSA) is 126 Å². The average molecular weight is 467 g/mol. The van der Waals surface area contributed by atoms with Crippen LogP contribution in [0, 0.1) is 0 Å². The minimum atomic E-state index is -0.635. The number of aliphatic hydroxyl groups is 1. The zero-order valence-corrected chi connectivity index (χ0v) is 19.6. The molecule has 2 amide bonds. The molecule has 0 aliphatic heterocycles. The molecule has 3 rings (SSSR count). The molecular formula is C25H30N4O5. The number of ether oxygens (including phenoxy) is 2. The molecule has 0 spiro atoms. The number of benzene rings is 2. The van der Waals surface area contributed by atoms with Gasteiger partial charge in [0.25, 0.3) is 11.8 Å². The number of carbonyl (C=O) groups is 2. The van der Waals surface area contributed by atoms with Crippen molar-refractivity contribution in [2.24, 2.45) is 10.7 Å². The molecule has 0 radical (unpaired) electrons. The minimum absolute atomic E-state index is 0.0508. The first kappa shape index (κ1) is 24.8. The lowest BCUT2D eigenvalue weighted by Gasteiger charge is -2.17. The summed E-state index contributed by atoms with van der Waals surface area (Å²) in [6.07, 6.45) is 4.56. The molecule has 0 saturated heterocycles. The van der Waals surface area contributed by atoms with Crippen molar-refractivity contribution in [2.45, 2.75) is 25.4 Å². The molecule has 0 unspecified atom stereocenters. The summed E-state index contributed by atoms with van der Waals surface area (Å²) >= 11 is 0. The number of amides is 2. The van der Waals surface area contributed by atoms with Gasteiger partial charge in [0.2, 0.25) is 0 Å². The number of carbonyl (C=O) groups excluding carboxylic acids is 2. The Kier molecular flexibility index (Phi) is 7.91. The lowest BCUT2D eigenvalue weighted by atomic mass is 10.1. The number of aliphatic hydroxyl groups excluding tert-OH is 1. The smallest absolute Gasteiger partial charge is 0.279 e. The Hall–Kier alpha value is -3.85. The number of amidine groups is 1. The van der Waals surface area contributed by atoms with Crippen molar-refractivity contribution < 1.29 is 24.2 Å². The van der Waals surface area contributed by atoms with Crippen LogP contribution in [0.25, 0.3) is 0 Å². The van der Waals surface area contributed by atoms with Gasteiger partial charge in [0.05, 0.1) is 6.61 Å². The van der Waals surface area contributed by atoms with Crippen LogP contribution in [0.2, 0.25) is 0 Å². The molecular weight excluding hydrogens is 436 g/mol. The van der Waals surface area contributed by atoms with Crippen LogP contribution in [0.5, 0.6) is 17.2 Å². The zero-order chi connectivity index (χ0) is 24.7. The summed E-state index contributed by atoms with van der Waals surface area (Å²) in [5.41, 5.74) is 5.94. The third-order valence-corrected chi connectivity index (χ3v) is 5.11. The Balaban J connectivity index is 1.86. The Morgan fingerprint density at radius 1 is 1.12 bits per heavy atom. The highest BCUT2D eigenvalue weighted by molar-refractivity contribution is 6.06. The van der Waals surface area contributed by atoms with E-state index in [0.29, 0.717) is 29.4 Å². The molecule has 1 fully saturated rings. The van der Waals surface area contributed by atoms with E-state index in [2.05, 4.69) is 10.3 Å². The van der Waals surface area contributed by atoms with E-state index in [0.717, 1.165) is 12.8 Å². The van der Waals surface area contributed by atoms with Crippen LogP contribution in [0.1, 0.15) is 40.5 Å². The van der Waals surface area contributed by atoms with Gasteiger partial charge in [-0.15, -0.1) is 0 Å². The number of nitrogens with zero attached hydrogens (tertiary/aromatic N) is 2. The Bertz CT molecular complexity index is 1090. The number of nitrogens with one attached hydrogen (secondary N) is 1. The van der Waals surface area contributed by atoms with E-state index < -0.39 is 11.5 Å². The van der Waals surface area contributed by atoms with Gasteiger partial charge in [-0.1, -0.05) is 0 Å². The number of hydrogen-bond acceptors (Lipinski definition) is 6. The molecule has 34 heavy (non-hydrogen) atoms. The van der Waals surface area contributed by atoms with Crippen molar-refractivity contribution in [3.05, 3.63) is 65.9 Å². The van der Waals surface area contributed by atoms with Gasteiger partial charge in [-0.25, -0.2) is 0 Å². The summed E-state index contributed by atoms with van der Waals surface area (Å²) in [4.78, 5) is 30.3. The summed E-state index contributed by atoms with van der Waals surface area (Å²) in [5, 5.41) is 12.6. The fourth-order valence-corrected chi connectivity index (χ4v) is 3.04. The van der Waals surface area contributed by atoms with E-state index in [-0.39, 0.29) is 23.9 Å². The fourth-order valence-electron chi connectivity index (χ4n) is 3.04. The first-order chi connectivity index (χ1) is 16.2. The molecule has 0 heterocycles. The molecule has 1 saturated carbocycles. The maximum absolute atomic E-state index is 12.8. The van der Waals surface area contributed by atoms with Gasteiger partial charge in [-0.05, 0) is 62.2 Å². The van der Waals surface area contributed by atoms with Crippen molar-refractivity contribution in [3.63, 3.8) is 0 Å². The summed E-state index contributed by atoms with van der Waals surface area (Å²) < 4.78 is 11.9. The first-order valence-electron chi connectivity index (χ1n) is 11.0. The van der Waals surface area contributed by atoms with Crippen LogP contribution in [0.3, 0.4) is 0 Å². The Morgan fingerprint density at radius 2 is 1.79 bits per heavy atom. The lowest BCUT2D eigenvalue weighted by Crippen LogP contribution is -2.22. The number of nitrogens with two attached hydrogens (primary N) is 1. The summed E-state index contributed by atoms with van der Waals surface area (Å²) in [6.45, 7) is 2.53. The maximum atomic E-state index is 12.8. The molecule has 0 bridgehead atoms. The highest BCUT2D eigenvalue weighted by Gasteiger charge is 2.45. The van der Waals surface area contributed by atoms with Gasteiger partial charge in [-0.3, -0.25) is 9.59 Å². The predicted molar refractivity (Wildman–Crippen MR) is 129 cm³/mol. The molecule has 4 N–H and O–H groups in total. The molecule has 9 nitrogen and oxygen atoms in total. The molecule has 0 aromatic heterocycles. The molecule has 2 aromatic carbocycles. The Morgan fingerprint density at radius 3 is 2.38 bits per heavy atom. The zero-order valence-electron chi connectivity index (χ0n) is 19.6. The second kappa shape index (κ2) is 10.8. The van der Waals surface area contributed by atoms with Crippen LogP contribution in [0.15, 0.2) is 59.7 Å². The normalized spacial score (nSPS) is 14.5. The lowest BCUT2D eigenvalue weighted by molar-refractivity contribution is 0.0827. The maximum Gasteiger partial charge on any atom is 0.279 e. The predicted octanol–water partition coefficient (Wildman–Crippen LogP) is 2.71. The van der Waals surface area contributed by atoms with Gasteiger partial charge < -0.3 is 30.5 Å². The van der Waals surface area contributed by atoms with Crippen molar-refractivity contribution in [1.29, 1.82) is 0 Å². The quantitative estimate of drug-likeness (QED) is 0.363. The van der Waals surface area contributed by atoms with Gasteiger partial charge in [-0.2, -0.15) is 4.99 Å². The van der Waals surface area contributed by atoms with E-state index in [4.69, 9.17) is 15.2 Å². The second-order valence-electron chi connectivity index (χ2n) is 8.20. The van der Waals surface area contributed by atoms with E-state index in [9.17, 15) is 14.7 Å².